The number of hydrogen-bond acceptors (Lipinski definition) is 5. The normalized spacial score (nSPS) is 31.3. The smallest absolute Gasteiger partial charge is 0.306 e. The second-order valence-corrected chi connectivity index (χ2v) is 7.86. The summed E-state index contributed by atoms with van der Waals surface area (Å²) in [5, 5.41) is 9.86. The molecule has 5 nitrogen and oxygen atoms in total. The Bertz CT molecular complexity index is 475. The molecule has 2 rings (SSSR count). The van der Waals surface area contributed by atoms with Crippen molar-refractivity contribution in [2.24, 2.45) is 11.8 Å². The van der Waals surface area contributed by atoms with Crippen molar-refractivity contribution < 1.29 is 24.1 Å². The lowest BCUT2D eigenvalue weighted by Gasteiger charge is -2.29. The van der Waals surface area contributed by atoms with E-state index >= 15 is 0 Å². The number of rotatable bonds is 11. The second-order valence-electron chi connectivity index (χ2n) is 7.30. The number of halogens is 1. The molecule has 1 heterocycles. The Morgan fingerprint density at radius 2 is 2.15 bits per heavy atom. The Hall–Kier alpha value is -0.880. The maximum absolute atomic E-state index is 11.4. The summed E-state index contributed by atoms with van der Waals surface area (Å²) in [6.07, 6.45) is 12.2. The molecular formula is C21H33ClO5. The van der Waals surface area contributed by atoms with Gasteiger partial charge in [0.05, 0.1) is 6.10 Å². The first-order valence-electron chi connectivity index (χ1n) is 10.1. The van der Waals surface area contributed by atoms with Gasteiger partial charge in [-0.3, -0.25) is 4.79 Å². The predicted octanol–water partition coefficient (Wildman–Crippen LogP) is 3.98. The van der Waals surface area contributed by atoms with E-state index in [0.29, 0.717) is 6.42 Å². The summed E-state index contributed by atoms with van der Waals surface area (Å²) in [5.74, 6) is 0.0424. The van der Waals surface area contributed by atoms with Crippen LogP contribution >= 0.6 is 11.6 Å². The molecule has 0 aromatic carbocycles. The summed E-state index contributed by atoms with van der Waals surface area (Å²) in [6.45, 7) is 4.61. The summed E-state index contributed by atoms with van der Waals surface area (Å²) in [7, 11) is 0. The number of aliphatic hydroxyl groups excluding tert-OH is 1. The Morgan fingerprint density at radius 3 is 2.85 bits per heavy atom. The first-order valence-corrected chi connectivity index (χ1v) is 10.5. The second kappa shape index (κ2) is 12.6. The zero-order chi connectivity index (χ0) is 19.5. The number of unbranched alkanes of at least 4 members (excludes halogenated alkanes) is 1. The van der Waals surface area contributed by atoms with Crippen LogP contribution < -0.4 is 0 Å². The number of esters is 1. The number of hydrogen-bond donors (Lipinski definition) is 1. The Morgan fingerprint density at radius 1 is 1.30 bits per heavy atom. The zero-order valence-corrected chi connectivity index (χ0v) is 16.8. The molecule has 27 heavy (non-hydrogen) atoms. The van der Waals surface area contributed by atoms with Crippen molar-refractivity contribution in [3.63, 3.8) is 0 Å². The quantitative estimate of drug-likeness (QED) is 0.246. The lowest BCUT2D eigenvalue weighted by molar-refractivity contribution is -0.197. The molecule has 154 valence electrons. The molecule has 0 amide bonds. The molecule has 0 radical (unpaired) electrons. The van der Waals surface area contributed by atoms with E-state index in [2.05, 4.69) is 18.7 Å². The fourth-order valence-corrected chi connectivity index (χ4v) is 4.29. The third-order valence-electron chi connectivity index (χ3n) is 5.31. The zero-order valence-electron chi connectivity index (χ0n) is 16.1. The van der Waals surface area contributed by atoms with Gasteiger partial charge < -0.3 is 19.3 Å². The SMILES string of the molecule is C=CCOC(=O)CCC/C=C\C[C@@H]1[C@@H](CO)[C@H](OC2CCCCO2)C[C@H]1Cl. The van der Waals surface area contributed by atoms with E-state index in [1.54, 1.807) is 6.08 Å². The van der Waals surface area contributed by atoms with Gasteiger partial charge in [0.2, 0.25) is 0 Å². The molecule has 1 unspecified atom stereocenters. The van der Waals surface area contributed by atoms with Gasteiger partial charge in [-0.2, -0.15) is 0 Å². The van der Waals surface area contributed by atoms with E-state index in [0.717, 1.165) is 51.6 Å². The van der Waals surface area contributed by atoms with Crippen molar-refractivity contribution in [2.45, 2.75) is 69.1 Å². The standard InChI is InChI=1S/C21H33ClO5/c1-2-12-25-20(24)10-6-4-3-5-9-16-17(15-23)19(14-18(16)22)27-21-11-7-8-13-26-21/h2-3,5,16-19,21,23H,1,4,6-15H2/b5-3-/t16-,17-,18-,19-,21?/m1/s1. The molecule has 0 spiro atoms. The van der Waals surface area contributed by atoms with Crippen LogP contribution in [0.2, 0.25) is 0 Å². The topological polar surface area (TPSA) is 65.0 Å². The molecule has 1 N–H and O–H groups in total. The molecule has 0 aromatic rings. The number of aliphatic hydroxyl groups is 1. The molecular weight excluding hydrogens is 368 g/mol. The minimum atomic E-state index is -0.190. The number of allylic oxidation sites excluding steroid dienone is 2. The fourth-order valence-electron chi connectivity index (χ4n) is 3.82. The van der Waals surface area contributed by atoms with Gasteiger partial charge in [-0.05, 0) is 50.9 Å². The van der Waals surface area contributed by atoms with Crippen molar-refractivity contribution in [1.82, 2.24) is 0 Å². The van der Waals surface area contributed by atoms with Gasteiger partial charge in [-0.1, -0.05) is 24.8 Å². The Balaban J connectivity index is 1.71. The highest BCUT2D eigenvalue weighted by molar-refractivity contribution is 6.21. The minimum Gasteiger partial charge on any atom is -0.461 e. The maximum atomic E-state index is 11.4. The average Bonchev–Trinajstić information content (AvgIpc) is 2.97. The highest BCUT2D eigenvalue weighted by Gasteiger charge is 2.43. The minimum absolute atomic E-state index is 0.00530. The monoisotopic (exact) mass is 400 g/mol. The van der Waals surface area contributed by atoms with Crippen LogP contribution in [0.15, 0.2) is 24.8 Å². The summed E-state index contributed by atoms with van der Waals surface area (Å²) in [5.41, 5.74) is 0. The van der Waals surface area contributed by atoms with Crippen molar-refractivity contribution in [3.05, 3.63) is 24.8 Å². The summed E-state index contributed by atoms with van der Waals surface area (Å²) in [4.78, 5) is 11.4. The Kier molecular flexibility index (Phi) is 10.4. The van der Waals surface area contributed by atoms with Crippen LogP contribution in [0, 0.1) is 11.8 Å². The van der Waals surface area contributed by atoms with Crippen molar-refractivity contribution in [1.29, 1.82) is 0 Å². The molecule has 5 atom stereocenters. The molecule has 6 heteroatoms. The van der Waals surface area contributed by atoms with Crippen LogP contribution in [-0.2, 0) is 19.0 Å². The van der Waals surface area contributed by atoms with Gasteiger partial charge in [-0.25, -0.2) is 0 Å². The van der Waals surface area contributed by atoms with Gasteiger partial charge in [0.15, 0.2) is 6.29 Å². The molecule has 1 saturated carbocycles. The lowest BCUT2D eigenvalue weighted by atomic mass is 9.92. The predicted molar refractivity (Wildman–Crippen MR) is 106 cm³/mol. The van der Waals surface area contributed by atoms with Gasteiger partial charge in [0.1, 0.15) is 6.61 Å². The fraction of sp³-hybridized carbons (Fsp3) is 0.762. The lowest BCUT2D eigenvalue weighted by Crippen LogP contribution is -2.32. The number of carbonyl (C=O) groups is 1. The Labute approximate surface area is 167 Å². The van der Waals surface area contributed by atoms with Crippen LogP contribution in [0.1, 0.15) is 51.4 Å². The third-order valence-corrected chi connectivity index (χ3v) is 5.82. The molecule has 1 aliphatic carbocycles. The maximum Gasteiger partial charge on any atom is 0.306 e. The van der Waals surface area contributed by atoms with E-state index in [-0.39, 0.29) is 48.8 Å². The summed E-state index contributed by atoms with van der Waals surface area (Å²) < 4.78 is 16.7. The first-order chi connectivity index (χ1) is 13.2. The van der Waals surface area contributed by atoms with E-state index in [9.17, 15) is 9.90 Å². The van der Waals surface area contributed by atoms with Gasteiger partial charge in [0, 0.05) is 30.9 Å². The highest BCUT2D eigenvalue weighted by atomic mass is 35.5. The number of alkyl halides is 1. The van der Waals surface area contributed by atoms with E-state index < -0.39 is 0 Å². The van der Waals surface area contributed by atoms with Crippen LogP contribution in [0.3, 0.4) is 0 Å². The van der Waals surface area contributed by atoms with Crippen LogP contribution in [-0.4, -0.2) is 48.7 Å². The summed E-state index contributed by atoms with van der Waals surface area (Å²) >= 11 is 6.56. The van der Waals surface area contributed by atoms with Crippen LogP contribution in [0.4, 0.5) is 0 Å². The molecule has 1 aliphatic heterocycles. The molecule has 1 saturated heterocycles. The van der Waals surface area contributed by atoms with Crippen molar-refractivity contribution >= 4 is 17.6 Å². The molecule has 2 aliphatic rings. The van der Waals surface area contributed by atoms with Crippen LogP contribution in [0.25, 0.3) is 0 Å². The largest absolute Gasteiger partial charge is 0.461 e. The molecule has 2 fully saturated rings. The average molecular weight is 401 g/mol. The van der Waals surface area contributed by atoms with Gasteiger partial charge in [-0.15, -0.1) is 11.6 Å². The molecule has 0 bridgehead atoms. The third kappa shape index (κ3) is 7.57. The van der Waals surface area contributed by atoms with Crippen molar-refractivity contribution in [3.8, 4) is 0 Å². The van der Waals surface area contributed by atoms with Crippen LogP contribution in [0.5, 0.6) is 0 Å². The van der Waals surface area contributed by atoms with Crippen molar-refractivity contribution in [2.75, 3.05) is 19.8 Å². The van der Waals surface area contributed by atoms with Gasteiger partial charge in [0.25, 0.3) is 0 Å². The number of ether oxygens (including phenoxy) is 3. The number of carbonyl (C=O) groups excluding carboxylic acids is 1. The highest BCUT2D eigenvalue weighted by Crippen LogP contribution is 2.41. The summed E-state index contributed by atoms with van der Waals surface area (Å²) in [6, 6.07) is 0. The van der Waals surface area contributed by atoms with E-state index in [4.69, 9.17) is 25.8 Å². The van der Waals surface area contributed by atoms with E-state index in [1.807, 2.05) is 0 Å². The van der Waals surface area contributed by atoms with Gasteiger partial charge >= 0.3 is 5.97 Å². The first kappa shape index (κ1) is 22.4. The van der Waals surface area contributed by atoms with E-state index in [1.165, 1.54) is 0 Å². The molecule has 0 aromatic heterocycles.